The second kappa shape index (κ2) is 7.04. The van der Waals surface area contributed by atoms with Crippen LogP contribution in [0.3, 0.4) is 0 Å². The molecular formula is C12H24N2S. The molecule has 1 saturated carbocycles. The van der Waals surface area contributed by atoms with Crippen molar-refractivity contribution >= 4 is 17.3 Å². The maximum absolute atomic E-state index is 5.30. The van der Waals surface area contributed by atoms with Gasteiger partial charge in [0.25, 0.3) is 0 Å². The zero-order valence-electron chi connectivity index (χ0n) is 10.0. The van der Waals surface area contributed by atoms with Gasteiger partial charge in [0.2, 0.25) is 0 Å². The number of thiocarbonyl (C=S) groups is 1. The summed E-state index contributed by atoms with van der Waals surface area (Å²) >= 11 is 5.30. The van der Waals surface area contributed by atoms with Gasteiger partial charge in [0.1, 0.15) is 0 Å². The number of hydrogen-bond donors (Lipinski definition) is 2. The van der Waals surface area contributed by atoms with Crippen LogP contribution in [0.2, 0.25) is 0 Å². The fraction of sp³-hybridized carbons (Fsp3) is 0.917. The molecule has 0 radical (unpaired) electrons. The summed E-state index contributed by atoms with van der Waals surface area (Å²) in [5.74, 6) is 0. The lowest BCUT2D eigenvalue weighted by Crippen LogP contribution is -2.44. The van der Waals surface area contributed by atoms with Gasteiger partial charge >= 0.3 is 0 Å². The van der Waals surface area contributed by atoms with Crippen molar-refractivity contribution in [3.63, 3.8) is 0 Å². The number of nitrogens with one attached hydrogen (secondary N) is 2. The van der Waals surface area contributed by atoms with Crippen LogP contribution in [-0.2, 0) is 0 Å². The smallest absolute Gasteiger partial charge is 0.166 e. The molecule has 1 aliphatic rings. The van der Waals surface area contributed by atoms with Crippen molar-refractivity contribution in [1.29, 1.82) is 0 Å². The Hall–Kier alpha value is -0.310. The maximum Gasteiger partial charge on any atom is 0.166 e. The van der Waals surface area contributed by atoms with Crippen molar-refractivity contribution in [2.24, 2.45) is 0 Å². The highest BCUT2D eigenvalue weighted by molar-refractivity contribution is 7.80. The summed E-state index contributed by atoms with van der Waals surface area (Å²) in [6, 6.07) is 1.13. The van der Waals surface area contributed by atoms with Crippen LogP contribution in [0.15, 0.2) is 0 Å². The summed E-state index contributed by atoms with van der Waals surface area (Å²) in [5, 5.41) is 7.62. The third-order valence-electron chi connectivity index (χ3n) is 3.06. The Labute approximate surface area is 99.2 Å². The molecule has 15 heavy (non-hydrogen) atoms. The van der Waals surface area contributed by atoms with Crippen molar-refractivity contribution < 1.29 is 0 Å². The molecule has 1 aliphatic carbocycles. The zero-order valence-corrected chi connectivity index (χ0v) is 10.8. The van der Waals surface area contributed by atoms with Crippen molar-refractivity contribution in [2.75, 3.05) is 0 Å². The SMILES string of the molecule is CCCCC(C)NC(=S)NC1CCCC1. The molecule has 0 saturated heterocycles. The van der Waals surface area contributed by atoms with E-state index in [2.05, 4.69) is 24.5 Å². The van der Waals surface area contributed by atoms with Crippen LogP contribution in [0.25, 0.3) is 0 Å². The first-order chi connectivity index (χ1) is 7.22. The second-order valence-corrected chi connectivity index (χ2v) is 5.05. The first-order valence-corrected chi connectivity index (χ1v) is 6.70. The maximum atomic E-state index is 5.30. The molecule has 0 aromatic rings. The molecule has 88 valence electrons. The Morgan fingerprint density at radius 1 is 1.40 bits per heavy atom. The van der Waals surface area contributed by atoms with Crippen LogP contribution >= 0.6 is 12.2 Å². The summed E-state index contributed by atoms with van der Waals surface area (Å²) in [4.78, 5) is 0. The third kappa shape index (κ3) is 5.36. The van der Waals surface area contributed by atoms with Crippen molar-refractivity contribution in [3.05, 3.63) is 0 Å². The van der Waals surface area contributed by atoms with E-state index in [1.807, 2.05) is 0 Å². The summed E-state index contributed by atoms with van der Waals surface area (Å²) < 4.78 is 0. The molecule has 0 aliphatic heterocycles. The number of rotatable bonds is 5. The minimum Gasteiger partial charge on any atom is -0.360 e. The summed E-state index contributed by atoms with van der Waals surface area (Å²) in [6.07, 6.45) is 9.02. The quantitative estimate of drug-likeness (QED) is 0.707. The standard InChI is InChI=1S/C12H24N2S/c1-3-4-7-10(2)13-12(15)14-11-8-5-6-9-11/h10-11H,3-9H2,1-2H3,(H2,13,14,15). The van der Waals surface area contributed by atoms with E-state index in [1.54, 1.807) is 0 Å². The fourth-order valence-electron chi connectivity index (χ4n) is 2.10. The number of unbranched alkanes of at least 4 members (excludes halogenated alkanes) is 1. The highest BCUT2D eigenvalue weighted by Crippen LogP contribution is 2.17. The predicted molar refractivity (Wildman–Crippen MR) is 70.1 cm³/mol. The fourth-order valence-corrected chi connectivity index (χ4v) is 2.47. The molecule has 0 aromatic carbocycles. The topological polar surface area (TPSA) is 24.1 Å². The average Bonchev–Trinajstić information content (AvgIpc) is 2.67. The summed E-state index contributed by atoms with van der Waals surface area (Å²) in [5.41, 5.74) is 0. The molecule has 2 nitrogen and oxygen atoms in total. The molecule has 1 fully saturated rings. The molecule has 3 heteroatoms. The minimum absolute atomic E-state index is 0.506. The highest BCUT2D eigenvalue weighted by atomic mass is 32.1. The minimum atomic E-state index is 0.506. The molecule has 1 unspecified atom stereocenters. The molecule has 1 rings (SSSR count). The monoisotopic (exact) mass is 228 g/mol. The Bertz CT molecular complexity index is 188. The van der Waals surface area contributed by atoms with Crippen LogP contribution in [0.4, 0.5) is 0 Å². The molecule has 0 spiro atoms. The van der Waals surface area contributed by atoms with Gasteiger partial charge in [-0.3, -0.25) is 0 Å². The van der Waals surface area contributed by atoms with Gasteiger partial charge in [0.15, 0.2) is 5.11 Å². The van der Waals surface area contributed by atoms with Crippen molar-refractivity contribution in [2.45, 2.75) is 70.9 Å². The summed E-state index contributed by atoms with van der Waals surface area (Å²) in [7, 11) is 0. The van der Waals surface area contributed by atoms with Gasteiger partial charge in [-0.2, -0.15) is 0 Å². The molecule has 0 heterocycles. The van der Waals surface area contributed by atoms with Crippen LogP contribution in [0, 0.1) is 0 Å². The lowest BCUT2D eigenvalue weighted by Gasteiger charge is -2.19. The zero-order chi connectivity index (χ0) is 11.1. The normalized spacial score (nSPS) is 18.8. The predicted octanol–water partition coefficient (Wildman–Crippen LogP) is 2.97. The van der Waals surface area contributed by atoms with E-state index in [0.29, 0.717) is 12.1 Å². The Balaban J connectivity index is 2.11. The molecular weight excluding hydrogens is 204 g/mol. The van der Waals surface area contributed by atoms with E-state index in [-0.39, 0.29) is 0 Å². The van der Waals surface area contributed by atoms with Crippen LogP contribution < -0.4 is 10.6 Å². The molecule has 0 bridgehead atoms. The molecule has 0 amide bonds. The van der Waals surface area contributed by atoms with E-state index < -0.39 is 0 Å². The van der Waals surface area contributed by atoms with E-state index in [1.165, 1.54) is 44.9 Å². The highest BCUT2D eigenvalue weighted by Gasteiger charge is 2.15. The summed E-state index contributed by atoms with van der Waals surface area (Å²) in [6.45, 7) is 4.43. The van der Waals surface area contributed by atoms with Crippen molar-refractivity contribution in [1.82, 2.24) is 10.6 Å². The van der Waals surface area contributed by atoms with Crippen LogP contribution in [0.1, 0.15) is 58.8 Å². The first kappa shape index (κ1) is 12.8. The largest absolute Gasteiger partial charge is 0.360 e. The van der Waals surface area contributed by atoms with E-state index in [4.69, 9.17) is 12.2 Å². The Morgan fingerprint density at radius 3 is 2.67 bits per heavy atom. The Kier molecular flexibility index (Phi) is 5.99. The average molecular weight is 228 g/mol. The van der Waals surface area contributed by atoms with Gasteiger partial charge in [-0.05, 0) is 38.4 Å². The van der Waals surface area contributed by atoms with Gasteiger partial charge in [0.05, 0.1) is 0 Å². The van der Waals surface area contributed by atoms with Gasteiger partial charge in [0, 0.05) is 12.1 Å². The number of hydrogen-bond acceptors (Lipinski definition) is 1. The van der Waals surface area contributed by atoms with E-state index in [0.717, 1.165) is 5.11 Å². The lowest BCUT2D eigenvalue weighted by molar-refractivity contribution is 0.551. The third-order valence-corrected chi connectivity index (χ3v) is 3.29. The van der Waals surface area contributed by atoms with E-state index >= 15 is 0 Å². The molecule has 2 N–H and O–H groups in total. The second-order valence-electron chi connectivity index (χ2n) is 4.64. The lowest BCUT2D eigenvalue weighted by atomic mass is 10.1. The van der Waals surface area contributed by atoms with Gasteiger partial charge < -0.3 is 10.6 Å². The first-order valence-electron chi connectivity index (χ1n) is 6.29. The molecule has 1 atom stereocenters. The van der Waals surface area contributed by atoms with Gasteiger partial charge in [-0.1, -0.05) is 32.6 Å². The van der Waals surface area contributed by atoms with Crippen LogP contribution in [-0.4, -0.2) is 17.2 Å². The van der Waals surface area contributed by atoms with E-state index in [9.17, 15) is 0 Å². The molecule has 0 aromatic heterocycles. The van der Waals surface area contributed by atoms with Crippen molar-refractivity contribution in [3.8, 4) is 0 Å². The van der Waals surface area contributed by atoms with Crippen LogP contribution in [0.5, 0.6) is 0 Å². The van der Waals surface area contributed by atoms with Gasteiger partial charge in [-0.25, -0.2) is 0 Å². The Morgan fingerprint density at radius 2 is 2.07 bits per heavy atom. The van der Waals surface area contributed by atoms with Gasteiger partial charge in [-0.15, -0.1) is 0 Å².